The van der Waals surface area contributed by atoms with Crippen LogP contribution in [0.15, 0.2) is 30.3 Å². The molecular formula is C9H15NOSi. The Labute approximate surface area is 76.0 Å². The summed E-state index contributed by atoms with van der Waals surface area (Å²) in [5.74, 6) is 0. The number of hydrogen-bond donors (Lipinski definition) is 1. The van der Waals surface area contributed by atoms with Crippen LogP contribution in [0.2, 0.25) is 0 Å². The summed E-state index contributed by atoms with van der Waals surface area (Å²) in [5, 5.41) is 0. The van der Waals surface area contributed by atoms with E-state index in [-0.39, 0.29) is 0 Å². The van der Waals surface area contributed by atoms with E-state index in [1.54, 1.807) is 0 Å². The summed E-state index contributed by atoms with van der Waals surface area (Å²) < 4.78 is 5.49. The average Bonchev–Trinajstić information content (AvgIpc) is 2.14. The number of rotatable bonds is 5. The minimum Gasteiger partial charge on any atom is -0.404 e. The molecule has 1 rings (SSSR count). The van der Waals surface area contributed by atoms with E-state index in [0.29, 0.717) is 0 Å². The van der Waals surface area contributed by atoms with Crippen molar-refractivity contribution >= 4 is 9.92 Å². The van der Waals surface area contributed by atoms with E-state index in [1.807, 2.05) is 18.2 Å². The van der Waals surface area contributed by atoms with Gasteiger partial charge in [-0.15, -0.1) is 0 Å². The Morgan fingerprint density at radius 2 is 2.08 bits per heavy atom. The lowest BCUT2D eigenvalue weighted by molar-refractivity contribution is 0.318. The third-order valence-corrected chi connectivity index (χ3v) is 2.68. The van der Waals surface area contributed by atoms with Gasteiger partial charge in [0, 0.05) is 0 Å². The Kier molecular flexibility index (Phi) is 4.67. The number of benzene rings is 1. The van der Waals surface area contributed by atoms with E-state index in [4.69, 9.17) is 4.43 Å². The molecule has 0 atom stereocenters. The van der Waals surface area contributed by atoms with Gasteiger partial charge in [-0.1, -0.05) is 37.3 Å². The van der Waals surface area contributed by atoms with Gasteiger partial charge >= 0.3 is 0 Å². The summed E-state index contributed by atoms with van der Waals surface area (Å²) in [7, 11) is -0.483. The highest BCUT2D eigenvalue weighted by molar-refractivity contribution is 6.23. The van der Waals surface area contributed by atoms with Crippen LogP contribution in [0.4, 0.5) is 0 Å². The van der Waals surface area contributed by atoms with E-state index in [0.717, 1.165) is 13.2 Å². The van der Waals surface area contributed by atoms with Gasteiger partial charge in [0.05, 0.1) is 6.61 Å². The Morgan fingerprint density at radius 3 is 2.75 bits per heavy atom. The van der Waals surface area contributed by atoms with Crippen LogP contribution in [0.3, 0.4) is 0 Å². The molecule has 0 saturated heterocycles. The van der Waals surface area contributed by atoms with E-state index in [1.165, 1.54) is 5.56 Å². The second kappa shape index (κ2) is 5.94. The molecule has 1 aromatic carbocycles. The van der Waals surface area contributed by atoms with Crippen molar-refractivity contribution in [2.45, 2.75) is 13.5 Å². The molecule has 66 valence electrons. The van der Waals surface area contributed by atoms with Gasteiger partial charge < -0.3 is 9.41 Å². The van der Waals surface area contributed by atoms with Gasteiger partial charge in [0.25, 0.3) is 0 Å². The van der Waals surface area contributed by atoms with E-state index in [9.17, 15) is 0 Å². The van der Waals surface area contributed by atoms with Crippen LogP contribution in [0.25, 0.3) is 0 Å². The van der Waals surface area contributed by atoms with Crippen LogP contribution in [-0.2, 0) is 11.0 Å². The first-order chi connectivity index (χ1) is 5.93. The lowest BCUT2D eigenvalue weighted by Crippen LogP contribution is -2.21. The number of nitrogens with one attached hydrogen (secondary N) is 1. The standard InChI is InChI=1S/C9H15NOSi/c1-2-10-12-11-8-9-6-4-3-5-7-9/h3-7,10H,2,8,12H2,1H3. The molecule has 0 spiro atoms. The van der Waals surface area contributed by atoms with Crippen molar-refractivity contribution in [2.24, 2.45) is 0 Å². The monoisotopic (exact) mass is 181 g/mol. The normalized spacial score (nSPS) is 11.1. The van der Waals surface area contributed by atoms with Crippen molar-refractivity contribution in [1.82, 2.24) is 4.98 Å². The lowest BCUT2D eigenvalue weighted by Gasteiger charge is -2.03. The molecular weight excluding hydrogens is 166 g/mol. The van der Waals surface area contributed by atoms with E-state index >= 15 is 0 Å². The molecule has 1 N–H and O–H groups in total. The summed E-state index contributed by atoms with van der Waals surface area (Å²) in [5.41, 5.74) is 1.25. The van der Waals surface area contributed by atoms with Gasteiger partial charge in [0.15, 0.2) is 0 Å². The van der Waals surface area contributed by atoms with E-state index < -0.39 is 9.92 Å². The van der Waals surface area contributed by atoms with Gasteiger partial charge in [0.2, 0.25) is 9.92 Å². The maximum atomic E-state index is 5.49. The van der Waals surface area contributed by atoms with Crippen LogP contribution in [0.5, 0.6) is 0 Å². The fourth-order valence-electron chi connectivity index (χ4n) is 0.917. The molecule has 0 aliphatic rings. The van der Waals surface area contributed by atoms with Gasteiger partial charge in [-0.2, -0.15) is 0 Å². The largest absolute Gasteiger partial charge is 0.404 e. The quantitative estimate of drug-likeness (QED) is 0.536. The summed E-state index contributed by atoms with van der Waals surface area (Å²) in [6.07, 6.45) is 0. The van der Waals surface area contributed by atoms with Crippen molar-refractivity contribution in [3.05, 3.63) is 35.9 Å². The summed E-state index contributed by atoms with van der Waals surface area (Å²) >= 11 is 0. The maximum absolute atomic E-state index is 5.49. The number of hydrogen-bond acceptors (Lipinski definition) is 2. The third kappa shape index (κ3) is 3.66. The molecule has 0 amide bonds. The zero-order chi connectivity index (χ0) is 8.65. The average molecular weight is 181 g/mol. The van der Waals surface area contributed by atoms with Crippen LogP contribution in [-0.4, -0.2) is 16.5 Å². The second-order valence-electron chi connectivity index (χ2n) is 2.58. The highest BCUT2D eigenvalue weighted by atomic mass is 28.2. The lowest BCUT2D eigenvalue weighted by atomic mass is 10.2. The highest BCUT2D eigenvalue weighted by Gasteiger charge is 1.89. The Balaban J connectivity index is 2.16. The fraction of sp³-hybridized carbons (Fsp3) is 0.333. The minimum atomic E-state index is -0.483. The molecule has 0 aliphatic carbocycles. The van der Waals surface area contributed by atoms with Crippen LogP contribution in [0, 0.1) is 0 Å². The van der Waals surface area contributed by atoms with Crippen molar-refractivity contribution in [2.75, 3.05) is 6.54 Å². The molecule has 3 heteroatoms. The first kappa shape index (κ1) is 9.44. The Bertz CT molecular complexity index is 203. The van der Waals surface area contributed by atoms with Crippen LogP contribution in [0.1, 0.15) is 12.5 Å². The third-order valence-electron chi connectivity index (χ3n) is 1.57. The smallest absolute Gasteiger partial charge is 0.236 e. The zero-order valence-corrected chi connectivity index (χ0v) is 8.83. The summed E-state index contributed by atoms with van der Waals surface area (Å²) in [4.78, 5) is 3.24. The molecule has 0 radical (unpaired) electrons. The molecule has 0 fully saturated rings. The Hall–Kier alpha value is -0.643. The molecule has 0 aliphatic heterocycles. The van der Waals surface area contributed by atoms with Gasteiger partial charge in [-0.25, -0.2) is 0 Å². The summed E-state index contributed by atoms with van der Waals surface area (Å²) in [6.45, 7) is 3.86. The van der Waals surface area contributed by atoms with Crippen molar-refractivity contribution in [3.8, 4) is 0 Å². The molecule has 12 heavy (non-hydrogen) atoms. The SMILES string of the molecule is CCN[SiH2]OCc1ccccc1. The first-order valence-electron chi connectivity index (χ1n) is 4.26. The van der Waals surface area contributed by atoms with Crippen LogP contribution < -0.4 is 4.98 Å². The summed E-state index contributed by atoms with van der Waals surface area (Å²) in [6, 6.07) is 10.3. The van der Waals surface area contributed by atoms with Crippen LogP contribution >= 0.6 is 0 Å². The van der Waals surface area contributed by atoms with Crippen molar-refractivity contribution in [1.29, 1.82) is 0 Å². The van der Waals surface area contributed by atoms with Gasteiger partial charge in [0.1, 0.15) is 0 Å². The van der Waals surface area contributed by atoms with Crippen molar-refractivity contribution < 1.29 is 4.43 Å². The van der Waals surface area contributed by atoms with E-state index in [2.05, 4.69) is 24.0 Å². The molecule has 0 unspecified atom stereocenters. The molecule has 0 saturated carbocycles. The van der Waals surface area contributed by atoms with Gasteiger partial charge in [-0.3, -0.25) is 0 Å². The topological polar surface area (TPSA) is 21.3 Å². The minimum absolute atomic E-state index is 0.483. The first-order valence-corrected chi connectivity index (χ1v) is 5.54. The predicted molar refractivity (Wildman–Crippen MR) is 53.5 cm³/mol. The molecule has 0 aromatic heterocycles. The molecule has 0 heterocycles. The van der Waals surface area contributed by atoms with Gasteiger partial charge in [-0.05, 0) is 12.1 Å². The maximum Gasteiger partial charge on any atom is 0.236 e. The second-order valence-corrected chi connectivity index (χ2v) is 3.78. The molecule has 0 bridgehead atoms. The predicted octanol–water partition coefficient (Wildman–Crippen LogP) is 0.812. The Morgan fingerprint density at radius 1 is 1.33 bits per heavy atom. The molecule has 2 nitrogen and oxygen atoms in total. The highest BCUT2D eigenvalue weighted by Crippen LogP contribution is 1.98. The fourth-order valence-corrected chi connectivity index (χ4v) is 1.60. The zero-order valence-electron chi connectivity index (χ0n) is 7.42. The van der Waals surface area contributed by atoms with Crippen molar-refractivity contribution in [3.63, 3.8) is 0 Å². The molecule has 1 aromatic rings.